The van der Waals surface area contributed by atoms with Crippen LogP contribution in [0.3, 0.4) is 0 Å². The second-order valence-electron chi connectivity index (χ2n) is 19.6. The lowest BCUT2D eigenvalue weighted by Crippen LogP contribution is -2.65. The van der Waals surface area contributed by atoms with Crippen LogP contribution in [0.2, 0.25) is 0 Å². The molecule has 61 heavy (non-hydrogen) atoms. The Morgan fingerprint density at radius 1 is 0.803 bits per heavy atom. The number of nitrogens with one attached hydrogen (secondary N) is 1. The first-order valence-electron chi connectivity index (χ1n) is 23.0. The predicted octanol–water partition coefficient (Wildman–Crippen LogP) is 4.16. The third-order valence-corrected chi connectivity index (χ3v) is 13.6. The molecule has 348 valence electrons. The monoisotopic (exact) mass is 860 g/mol. The summed E-state index contributed by atoms with van der Waals surface area (Å²) in [4.78, 5) is 108. The van der Waals surface area contributed by atoms with Crippen molar-refractivity contribution in [3.63, 3.8) is 0 Å². The second kappa shape index (κ2) is 21.7. The molecule has 3 aliphatic rings. The molecule has 0 radical (unpaired) electrons. The summed E-state index contributed by atoms with van der Waals surface area (Å²) in [5, 5.41) is 2.95. The summed E-state index contributed by atoms with van der Waals surface area (Å²) >= 11 is 0. The molecule has 10 atom stereocenters. The van der Waals surface area contributed by atoms with E-state index in [0.29, 0.717) is 38.8 Å². The molecule has 0 spiro atoms. The van der Waals surface area contributed by atoms with E-state index in [1.54, 1.807) is 37.9 Å². The molecule has 0 aliphatic carbocycles. The number of likely N-dealkylation sites (tertiary alicyclic amines) is 2. The average Bonchev–Trinajstić information content (AvgIpc) is 3.44. The minimum absolute atomic E-state index is 0.0505. The number of hydrogen-bond acceptors (Lipinski definition) is 9. The molecule has 0 aromatic carbocycles. The van der Waals surface area contributed by atoms with Gasteiger partial charge in [0.2, 0.25) is 35.4 Å². The van der Waals surface area contributed by atoms with Crippen LogP contribution >= 0.6 is 0 Å². The number of rotatable bonds is 19. The highest BCUT2D eigenvalue weighted by Gasteiger charge is 2.51. The predicted molar refractivity (Wildman–Crippen MR) is 236 cm³/mol. The van der Waals surface area contributed by atoms with Gasteiger partial charge in [-0.3, -0.25) is 38.5 Å². The largest absolute Gasteiger partial charge is 0.355 e. The topological polar surface area (TPSA) is 160 Å². The minimum Gasteiger partial charge on any atom is -0.355 e. The molecule has 3 heterocycles. The summed E-state index contributed by atoms with van der Waals surface area (Å²) in [7, 11) is 6.59. The van der Waals surface area contributed by atoms with E-state index in [0.717, 1.165) is 19.3 Å². The zero-order valence-electron chi connectivity index (χ0n) is 40.4. The van der Waals surface area contributed by atoms with Gasteiger partial charge in [0.25, 0.3) is 0 Å². The summed E-state index contributed by atoms with van der Waals surface area (Å²) in [5.74, 6) is -2.45. The zero-order valence-corrected chi connectivity index (χ0v) is 40.4. The fraction of sp³-hybridized carbons (Fsp3) is 0.848. The Balaban J connectivity index is 1.82. The highest BCUT2D eigenvalue weighted by atomic mass is 16.5. The number of nitrogens with zero attached hydrogens (tertiary/aromatic N) is 6. The number of unbranched alkanes of at least 4 members (excludes halogenated alkanes) is 2. The van der Waals surface area contributed by atoms with Gasteiger partial charge in [-0.1, -0.05) is 81.6 Å². The van der Waals surface area contributed by atoms with Gasteiger partial charge in [0, 0.05) is 34.2 Å². The lowest BCUT2D eigenvalue weighted by atomic mass is 9.88. The number of carbonyl (C=O) groups is 7. The Morgan fingerprint density at radius 2 is 1.33 bits per heavy atom. The molecule has 15 heteroatoms. The molecule has 0 aromatic rings. The van der Waals surface area contributed by atoms with Crippen LogP contribution < -0.4 is 5.32 Å². The summed E-state index contributed by atoms with van der Waals surface area (Å²) in [5.41, 5.74) is -0.671. The van der Waals surface area contributed by atoms with Gasteiger partial charge in [-0.15, -0.1) is 0 Å². The normalized spacial score (nSPS) is 26.5. The Kier molecular flexibility index (Phi) is 18.4. The maximum atomic E-state index is 14.6. The van der Waals surface area contributed by atoms with E-state index < -0.39 is 59.8 Å². The Labute approximate surface area is 366 Å². The highest BCUT2D eigenvalue weighted by Crippen LogP contribution is 2.35. The molecular weight excluding hydrogens is 779 g/mol. The maximum absolute atomic E-state index is 14.6. The lowest BCUT2D eigenvalue weighted by molar-refractivity contribution is -0.162. The van der Waals surface area contributed by atoms with Gasteiger partial charge in [0.1, 0.15) is 42.0 Å². The second-order valence-corrected chi connectivity index (χ2v) is 19.6. The summed E-state index contributed by atoms with van der Waals surface area (Å²) < 4.78 is 6.24. The van der Waals surface area contributed by atoms with Gasteiger partial charge in [-0.2, -0.15) is 0 Å². The Bertz CT molecular complexity index is 1590. The van der Waals surface area contributed by atoms with E-state index in [9.17, 15) is 33.6 Å². The Morgan fingerprint density at radius 3 is 1.80 bits per heavy atom. The van der Waals surface area contributed by atoms with Crippen molar-refractivity contribution in [2.45, 2.75) is 189 Å². The smallest absolute Gasteiger partial charge is 0.246 e. The quantitative estimate of drug-likeness (QED) is 0.188. The third kappa shape index (κ3) is 11.5. The standard InChI is InChI=1S/C46H81N7O8/c1-17-20-21-22-34(31(10)54)52-25-29(8)23-35(43(52)58)50(15)45(60)37(27(4)5)53-26-30(9)24-36(44(53)59)49(14)42(57)33(19-3)48(13)41(56)32(18-2)47-40(55)38-39(28(6)7)61-46(11,12)51(38)16/h27-30,32-39H,17-26H2,1-16H3,(H,47,55). The molecule has 0 bridgehead atoms. The van der Waals surface area contributed by atoms with Gasteiger partial charge in [0.15, 0.2) is 5.78 Å². The molecular formula is C46H81N7O8. The Hall–Kier alpha value is -3.59. The SMILES string of the molecule is CCCCCC(C(C)=O)N1CC(C)CC(N(C)C(=O)C(C(C)C)N2CC(C)CC(N(C)C(=O)C(CC)N(C)C(=O)C(CC)NC(=O)C3C(C(C)C)OC(C)(C)N3C)C2=O)C1=O. The van der Waals surface area contributed by atoms with Crippen molar-refractivity contribution < 1.29 is 38.3 Å². The van der Waals surface area contributed by atoms with E-state index in [1.807, 2.05) is 74.3 Å². The number of piperidine rings is 2. The number of hydrogen-bond donors (Lipinski definition) is 1. The van der Waals surface area contributed by atoms with E-state index in [4.69, 9.17) is 4.74 Å². The van der Waals surface area contributed by atoms with Crippen molar-refractivity contribution in [3.05, 3.63) is 0 Å². The number of ether oxygens (including phenoxy) is 1. The summed E-state index contributed by atoms with van der Waals surface area (Å²) in [6.45, 7) is 23.6. The van der Waals surface area contributed by atoms with Crippen molar-refractivity contribution in [1.82, 2.24) is 34.7 Å². The van der Waals surface area contributed by atoms with Crippen molar-refractivity contribution in [2.75, 3.05) is 41.3 Å². The van der Waals surface area contributed by atoms with E-state index >= 15 is 0 Å². The molecule has 1 N–H and O–H groups in total. The first-order valence-corrected chi connectivity index (χ1v) is 23.0. The lowest BCUT2D eigenvalue weighted by Gasteiger charge is -2.47. The van der Waals surface area contributed by atoms with Crippen LogP contribution in [0, 0.1) is 23.7 Å². The van der Waals surface area contributed by atoms with Gasteiger partial charge in [-0.05, 0) is 83.6 Å². The molecule has 0 saturated carbocycles. The van der Waals surface area contributed by atoms with Crippen molar-refractivity contribution >= 4 is 41.2 Å². The van der Waals surface area contributed by atoms with Crippen LogP contribution in [-0.2, 0) is 38.3 Å². The zero-order chi connectivity index (χ0) is 46.4. The summed E-state index contributed by atoms with van der Waals surface area (Å²) in [6.07, 6.45) is 4.38. The molecule has 15 nitrogen and oxygen atoms in total. The van der Waals surface area contributed by atoms with Crippen LogP contribution in [0.4, 0.5) is 0 Å². The molecule has 3 fully saturated rings. The van der Waals surface area contributed by atoms with Crippen LogP contribution in [0.1, 0.15) is 134 Å². The first kappa shape index (κ1) is 51.8. The van der Waals surface area contributed by atoms with Crippen molar-refractivity contribution in [1.29, 1.82) is 0 Å². The van der Waals surface area contributed by atoms with Crippen molar-refractivity contribution in [3.8, 4) is 0 Å². The third-order valence-electron chi connectivity index (χ3n) is 13.6. The van der Waals surface area contributed by atoms with Gasteiger partial charge in [0.05, 0.1) is 12.1 Å². The number of carbonyl (C=O) groups excluding carboxylic acids is 7. The molecule has 10 unspecified atom stereocenters. The number of amides is 6. The summed E-state index contributed by atoms with van der Waals surface area (Å²) in [6, 6.07) is -5.54. The molecule has 0 aromatic heterocycles. The van der Waals surface area contributed by atoms with E-state index in [-0.39, 0.29) is 65.6 Å². The maximum Gasteiger partial charge on any atom is 0.246 e. The molecule has 6 amide bonds. The number of Topliss-reactive ketones (excluding diaryl/α,β-unsaturated/α-hetero) is 1. The van der Waals surface area contributed by atoms with Crippen molar-refractivity contribution in [2.24, 2.45) is 23.7 Å². The fourth-order valence-corrected chi connectivity index (χ4v) is 9.69. The van der Waals surface area contributed by atoms with Crippen LogP contribution in [0.15, 0.2) is 0 Å². The van der Waals surface area contributed by atoms with E-state index in [1.165, 1.54) is 21.6 Å². The van der Waals surface area contributed by atoms with Gasteiger partial charge >= 0.3 is 0 Å². The number of likely N-dealkylation sites (N-methyl/N-ethyl adjacent to an activating group) is 4. The highest BCUT2D eigenvalue weighted by molar-refractivity contribution is 5.98. The van der Waals surface area contributed by atoms with E-state index in [2.05, 4.69) is 12.2 Å². The number of ketones is 1. The molecule has 3 aliphatic heterocycles. The first-order chi connectivity index (χ1) is 28.4. The van der Waals surface area contributed by atoms with Gasteiger partial charge < -0.3 is 34.6 Å². The van der Waals surface area contributed by atoms with Crippen LogP contribution in [0.25, 0.3) is 0 Å². The molecule has 3 rings (SSSR count). The average molecular weight is 860 g/mol. The van der Waals surface area contributed by atoms with Crippen LogP contribution in [-0.4, -0.2) is 166 Å². The molecule has 3 saturated heterocycles. The van der Waals surface area contributed by atoms with Crippen LogP contribution in [0.5, 0.6) is 0 Å². The minimum atomic E-state index is -0.918. The fourth-order valence-electron chi connectivity index (χ4n) is 9.69. The van der Waals surface area contributed by atoms with Gasteiger partial charge in [-0.25, -0.2) is 0 Å².